The monoisotopic (exact) mass is 484 g/mol. The maximum atomic E-state index is 12.2. The highest BCUT2D eigenvalue weighted by atomic mass is 16.3. The van der Waals surface area contributed by atoms with Crippen molar-refractivity contribution in [2.24, 2.45) is 5.73 Å². The zero-order chi connectivity index (χ0) is 24.9. The third kappa shape index (κ3) is 5.22. The number of piperazine rings is 1. The lowest BCUT2D eigenvalue weighted by Crippen LogP contribution is -2.47. The van der Waals surface area contributed by atoms with E-state index < -0.39 is 5.91 Å². The first-order valence-corrected chi connectivity index (χ1v) is 11.8. The molecule has 0 atom stereocenters. The molecule has 3 heterocycles. The van der Waals surface area contributed by atoms with E-state index in [4.69, 9.17) is 5.73 Å². The van der Waals surface area contributed by atoms with E-state index in [1.165, 1.54) is 0 Å². The Hall–Kier alpha value is -4.60. The smallest absolute Gasteiger partial charge is 0.254 e. The zero-order valence-corrected chi connectivity index (χ0v) is 19.8. The van der Waals surface area contributed by atoms with Crippen LogP contribution in [0.5, 0.6) is 5.75 Å². The number of nitrogens with one attached hydrogen (secondary N) is 2. The summed E-state index contributed by atoms with van der Waals surface area (Å²) >= 11 is 0. The number of carbonyl (C=O) groups excluding carboxylic acids is 1. The van der Waals surface area contributed by atoms with Crippen LogP contribution in [-0.4, -0.2) is 57.4 Å². The molecule has 0 unspecified atom stereocenters. The van der Waals surface area contributed by atoms with E-state index in [0.717, 1.165) is 48.9 Å². The van der Waals surface area contributed by atoms with Crippen molar-refractivity contribution in [3.05, 3.63) is 89.4 Å². The van der Waals surface area contributed by atoms with Crippen molar-refractivity contribution >= 4 is 23.4 Å². The summed E-state index contributed by atoms with van der Waals surface area (Å²) in [6.45, 7) is 3.95. The van der Waals surface area contributed by atoms with Gasteiger partial charge in [0.05, 0.1) is 5.69 Å². The first kappa shape index (κ1) is 23.2. The van der Waals surface area contributed by atoms with E-state index in [1.54, 1.807) is 36.7 Å². The van der Waals surface area contributed by atoms with Gasteiger partial charge in [0.15, 0.2) is 5.82 Å². The Balaban J connectivity index is 1.21. The van der Waals surface area contributed by atoms with Crippen molar-refractivity contribution in [3.8, 4) is 5.75 Å². The molecule has 4 aromatic rings. The summed E-state index contributed by atoms with van der Waals surface area (Å²) in [5.74, 6) is 0.856. The van der Waals surface area contributed by atoms with Crippen LogP contribution in [0.2, 0.25) is 0 Å². The van der Waals surface area contributed by atoms with Gasteiger partial charge in [0, 0.05) is 57.2 Å². The SMILES string of the molecule is NC(=O)c1c(NCc2ccc(O)cc2)n[nH]c1Cc1ccc(N2CCN(c3ncccn3)CC2)cc1. The number of aromatic amines is 1. The van der Waals surface area contributed by atoms with Gasteiger partial charge < -0.3 is 26.0 Å². The topological polar surface area (TPSA) is 136 Å². The zero-order valence-electron chi connectivity index (χ0n) is 19.8. The number of aromatic hydroxyl groups is 1. The van der Waals surface area contributed by atoms with E-state index in [-0.39, 0.29) is 5.75 Å². The van der Waals surface area contributed by atoms with Gasteiger partial charge in [-0.3, -0.25) is 9.89 Å². The fourth-order valence-electron chi connectivity index (χ4n) is 4.35. The molecule has 0 radical (unpaired) electrons. The Kier molecular flexibility index (Phi) is 6.65. The predicted octanol–water partition coefficient (Wildman–Crippen LogP) is 2.53. The largest absolute Gasteiger partial charge is 0.508 e. The Morgan fingerprint density at radius 1 is 0.944 bits per heavy atom. The molecule has 2 aromatic carbocycles. The van der Waals surface area contributed by atoms with E-state index in [0.29, 0.717) is 30.0 Å². The number of hydrogen-bond donors (Lipinski definition) is 4. The molecule has 10 heteroatoms. The van der Waals surface area contributed by atoms with Crippen LogP contribution in [0.3, 0.4) is 0 Å². The first-order valence-electron chi connectivity index (χ1n) is 11.8. The highest BCUT2D eigenvalue weighted by Gasteiger charge is 2.20. The Bertz CT molecular complexity index is 1300. The van der Waals surface area contributed by atoms with Gasteiger partial charge in [0.25, 0.3) is 5.91 Å². The van der Waals surface area contributed by atoms with Crippen LogP contribution in [-0.2, 0) is 13.0 Å². The van der Waals surface area contributed by atoms with Gasteiger partial charge in [0.2, 0.25) is 5.95 Å². The fourth-order valence-corrected chi connectivity index (χ4v) is 4.35. The first-order chi connectivity index (χ1) is 17.6. The van der Waals surface area contributed by atoms with Crippen LogP contribution in [0.25, 0.3) is 0 Å². The number of nitrogens with two attached hydrogens (primary N) is 1. The Morgan fingerprint density at radius 3 is 2.25 bits per heavy atom. The number of anilines is 3. The summed E-state index contributed by atoms with van der Waals surface area (Å²) in [5, 5.41) is 19.8. The molecular weight excluding hydrogens is 456 g/mol. The third-order valence-corrected chi connectivity index (χ3v) is 6.28. The van der Waals surface area contributed by atoms with Gasteiger partial charge in [-0.25, -0.2) is 9.97 Å². The number of carbonyl (C=O) groups is 1. The number of rotatable bonds is 8. The van der Waals surface area contributed by atoms with Gasteiger partial charge in [-0.2, -0.15) is 5.10 Å². The fraction of sp³-hybridized carbons (Fsp3) is 0.231. The number of aromatic nitrogens is 4. The molecule has 5 N–H and O–H groups in total. The minimum Gasteiger partial charge on any atom is -0.508 e. The molecule has 1 aliphatic rings. The Labute approximate surface area is 208 Å². The van der Waals surface area contributed by atoms with Crippen LogP contribution in [0.1, 0.15) is 27.2 Å². The number of phenols is 1. The summed E-state index contributed by atoms with van der Waals surface area (Å²) < 4.78 is 0. The third-order valence-electron chi connectivity index (χ3n) is 6.28. The molecule has 0 bridgehead atoms. The molecule has 1 aliphatic heterocycles. The van der Waals surface area contributed by atoms with Gasteiger partial charge in [0.1, 0.15) is 11.3 Å². The van der Waals surface area contributed by atoms with Crippen molar-refractivity contribution in [3.63, 3.8) is 0 Å². The van der Waals surface area contributed by atoms with Gasteiger partial charge >= 0.3 is 0 Å². The molecule has 184 valence electrons. The molecule has 1 fully saturated rings. The minimum absolute atomic E-state index is 0.202. The molecule has 0 spiro atoms. The second-order valence-corrected chi connectivity index (χ2v) is 8.68. The van der Waals surface area contributed by atoms with Crippen LogP contribution in [0.15, 0.2) is 67.0 Å². The van der Waals surface area contributed by atoms with Crippen LogP contribution >= 0.6 is 0 Å². The van der Waals surface area contributed by atoms with E-state index in [9.17, 15) is 9.90 Å². The maximum absolute atomic E-state index is 12.2. The van der Waals surface area contributed by atoms with Crippen molar-refractivity contribution in [2.75, 3.05) is 41.3 Å². The lowest BCUT2D eigenvalue weighted by atomic mass is 10.1. The lowest BCUT2D eigenvalue weighted by molar-refractivity contribution is 0.100. The van der Waals surface area contributed by atoms with Crippen molar-refractivity contribution in [1.82, 2.24) is 20.2 Å². The van der Waals surface area contributed by atoms with Crippen molar-refractivity contribution in [1.29, 1.82) is 0 Å². The van der Waals surface area contributed by atoms with E-state index >= 15 is 0 Å². The lowest BCUT2D eigenvalue weighted by Gasteiger charge is -2.36. The van der Waals surface area contributed by atoms with Crippen LogP contribution in [0.4, 0.5) is 17.5 Å². The molecule has 1 amide bonds. The van der Waals surface area contributed by atoms with E-state index in [1.807, 2.05) is 6.07 Å². The molecule has 5 rings (SSSR count). The normalized spacial score (nSPS) is 13.6. The molecule has 36 heavy (non-hydrogen) atoms. The minimum atomic E-state index is -0.538. The summed E-state index contributed by atoms with van der Waals surface area (Å²) in [4.78, 5) is 25.4. The number of nitrogens with zero attached hydrogens (tertiary/aromatic N) is 5. The predicted molar refractivity (Wildman–Crippen MR) is 138 cm³/mol. The average Bonchev–Trinajstić information content (AvgIpc) is 3.32. The molecule has 0 saturated carbocycles. The molecule has 0 aliphatic carbocycles. The highest BCUT2D eigenvalue weighted by molar-refractivity contribution is 5.99. The second-order valence-electron chi connectivity index (χ2n) is 8.68. The second kappa shape index (κ2) is 10.3. The van der Waals surface area contributed by atoms with Gasteiger partial charge in [-0.05, 0) is 41.5 Å². The van der Waals surface area contributed by atoms with E-state index in [2.05, 4.69) is 59.5 Å². The number of primary amides is 1. The van der Waals surface area contributed by atoms with Crippen molar-refractivity contribution < 1.29 is 9.90 Å². The quantitative estimate of drug-likeness (QED) is 0.300. The average molecular weight is 485 g/mol. The summed E-state index contributed by atoms with van der Waals surface area (Å²) in [7, 11) is 0. The summed E-state index contributed by atoms with van der Waals surface area (Å²) in [5.41, 5.74) is 9.86. The molecule has 2 aromatic heterocycles. The van der Waals surface area contributed by atoms with Crippen LogP contribution in [0, 0.1) is 0 Å². The standard InChI is InChI=1S/C26H28N8O2/c27-24(36)23-22(31-32-25(23)30-17-19-4-8-21(35)9-5-19)16-18-2-6-20(7-3-18)33-12-14-34(15-13-33)26-28-10-1-11-29-26/h1-11,35H,12-17H2,(H2,27,36)(H2,30,31,32). The van der Waals surface area contributed by atoms with Gasteiger partial charge in [-0.1, -0.05) is 24.3 Å². The summed E-state index contributed by atoms with van der Waals surface area (Å²) in [6.07, 6.45) is 4.04. The number of phenolic OH excluding ortho intramolecular Hbond substituents is 1. The maximum Gasteiger partial charge on any atom is 0.254 e. The molecule has 10 nitrogen and oxygen atoms in total. The number of benzene rings is 2. The summed E-state index contributed by atoms with van der Waals surface area (Å²) in [6, 6.07) is 17.0. The Morgan fingerprint density at radius 2 is 1.58 bits per heavy atom. The molecule has 1 saturated heterocycles. The number of H-pyrrole nitrogens is 1. The highest BCUT2D eigenvalue weighted by Crippen LogP contribution is 2.23. The van der Waals surface area contributed by atoms with Crippen LogP contribution < -0.4 is 20.9 Å². The van der Waals surface area contributed by atoms with Gasteiger partial charge in [-0.15, -0.1) is 0 Å². The molecular formula is C26H28N8O2. The number of amides is 1. The van der Waals surface area contributed by atoms with Crippen molar-refractivity contribution in [2.45, 2.75) is 13.0 Å². The number of hydrogen-bond acceptors (Lipinski definition) is 8.